The first-order chi connectivity index (χ1) is 10.6. The Morgan fingerprint density at radius 1 is 1.27 bits per heavy atom. The number of carbonyl (C=O) groups is 1. The fraction of sp³-hybridized carbons (Fsp3) is 0.294. The van der Waals surface area contributed by atoms with E-state index in [2.05, 4.69) is 20.9 Å². The van der Waals surface area contributed by atoms with Crippen molar-refractivity contribution in [1.82, 2.24) is 9.88 Å². The smallest absolute Gasteiger partial charge is 0.236 e. The summed E-state index contributed by atoms with van der Waals surface area (Å²) in [6.07, 6.45) is 4.93. The molecular weight excluding hydrogens is 364 g/mol. The molecule has 2 aromatic rings. The highest BCUT2D eigenvalue weighted by Gasteiger charge is 2.20. The molecule has 116 valence electrons. The molecule has 0 aliphatic rings. The van der Waals surface area contributed by atoms with Gasteiger partial charge in [-0.2, -0.15) is 0 Å². The molecule has 0 spiro atoms. The highest BCUT2D eigenvalue weighted by atomic mass is 79.9. The normalized spacial score (nSPS) is 12.0. The van der Waals surface area contributed by atoms with Crippen LogP contribution >= 0.6 is 27.5 Å². The van der Waals surface area contributed by atoms with E-state index in [0.717, 1.165) is 12.0 Å². The third-order valence-corrected chi connectivity index (χ3v) is 4.57. The predicted molar refractivity (Wildman–Crippen MR) is 93.4 cm³/mol. The van der Waals surface area contributed by atoms with E-state index in [1.165, 1.54) is 5.56 Å². The summed E-state index contributed by atoms with van der Waals surface area (Å²) in [5.74, 6) is 0.0639. The van der Waals surface area contributed by atoms with E-state index < -0.39 is 0 Å². The van der Waals surface area contributed by atoms with Gasteiger partial charge in [0.05, 0.1) is 4.83 Å². The second-order valence-corrected chi connectivity index (χ2v) is 6.64. The first kappa shape index (κ1) is 17.0. The van der Waals surface area contributed by atoms with Crippen LogP contribution in [0.25, 0.3) is 0 Å². The minimum Gasteiger partial charge on any atom is -0.344 e. The Morgan fingerprint density at radius 2 is 1.95 bits per heavy atom. The average molecular weight is 382 g/mol. The molecule has 0 aliphatic heterocycles. The number of likely N-dealkylation sites (N-methyl/N-ethyl adjacent to an activating group) is 1. The number of rotatable bonds is 6. The molecule has 1 atom stereocenters. The molecule has 22 heavy (non-hydrogen) atoms. The van der Waals surface area contributed by atoms with Crippen molar-refractivity contribution >= 4 is 33.4 Å². The summed E-state index contributed by atoms with van der Waals surface area (Å²) in [5, 5.41) is 0.694. The van der Waals surface area contributed by atoms with E-state index in [9.17, 15) is 4.79 Å². The summed E-state index contributed by atoms with van der Waals surface area (Å²) in [4.78, 5) is 17.9. The lowest BCUT2D eigenvalue weighted by atomic mass is 10.1. The Hall–Kier alpha value is -1.39. The van der Waals surface area contributed by atoms with Crippen LogP contribution in [0.15, 0.2) is 48.8 Å². The van der Waals surface area contributed by atoms with Crippen LogP contribution < -0.4 is 0 Å². The minimum atomic E-state index is -0.269. The van der Waals surface area contributed by atoms with E-state index >= 15 is 0 Å². The van der Waals surface area contributed by atoms with Gasteiger partial charge in [-0.15, -0.1) is 0 Å². The standard InChI is InChI=1S/C17H18BrClN2O/c1-21(11-8-13-6-9-20-10-7-13)17(22)15(18)12-14-4-2-3-5-16(14)19/h2-7,9-10,15H,8,11-12H2,1H3. The average Bonchev–Trinajstić information content (AvgIpc) is 2.55. The van der Waals surface area contributed by atoms with Crippen molar-refractivity contribution in [2.75, 3.05) is 13.6 Å². The molecular formula is C17H18BrClN2O. The Balaban J connectivity index is 1.88. The van der Waals surface area contributed by atoms with Crippen molar-refractivity contribution in [3.63, 3.8) is 0 Å². The topological polar surface area (TPSA) is 33.2 Å². The molecule has 1 heterocycles. The van der Waals surface area contributed by atoms with Gasteiger partial charge in [0.1, 0.15) is 0 Å². The number of benzene rings is 1. The van der Waals surface area contributed by atoms with Crippen LogP contribution in [0.2, 0.25) is 5.02 Å². The van der Waals surface area contributed by atoms with Crippen LogP contribution in [-0.2, 0) is 17.6 Å². The maximum Gasteiger partial charge on any atom is 0.236 e. The molecule has 0 saturated carbocycles. The molecule has 2 rings (SSSR count). The van der Waals surface area contributed by atoms with E-state index in [0.29, 0.717) is 18.0 Å². The molecule has 0 fully saturated rings. The van der Waals surface area contributed by atoms with Crippen LogP contribution in [0.4, 0.5) is 0 Å². The Bertz CT molecular complexity index is 621. The number of aromatic nitrogens is 1. The van der Waals surface area contributed by atoms with Crippen LogP contribution in [-0.4, -0.2) is 34.2 Å². The number of alkyl halides is 1. The van der Waals surface area contributed by atoms with E-state index in [1.807, 2.05) is 43.4 Å². The van der Waals surface area contributed by atoms with Crippen molar-refractivity contribution in [1.29, 1.82) is 0 Å². The van der Waals surface area contributed by atoms with Gasteiger partial charge in [0.25, 0.3) is 0 Å². The number of carbonyl (C=O) groups excluding carboxylic acids is 1. The SMILES string of the molecule is CN(CCc1ccncc1)C(=O)C(Br)Cc1ccccc1Cl. The molecule has 0 bridgehead atoms. The zero-order valence-corrected chi connectivity index (χ0v) is 14.7. The van der Waals surface area contributed by atoms with E-state index in [4.69, 9.17) is 11.6 Å². The first-order valence-electron chi connectivity index (χ1n) is 7.09. The first-order valence-corrected chi connectivity index (χ1v) is 8.38. The molecule has 1 aromatic heterocycles. The van der Waals surface area contributed by atoms with E-state index in [1.54, 1.807) is 17.3 Å². The molecule has 1 aromatic carbocycles. The molecule has 0 N–H and O–H groups in total. The number of hydrogen-bond acceptors (Lipinski definition) is 2. The van der Waals surface area contributed by atoms with Gasteiger partial charge >= 0.3 is 0 Å². The Labute approximate surface area is 144 Å². The zero-order chi connectivity index (χ0) is 15.9. The number of amides is 1. The summed E-state index contributed by atoms with van der Waals surface area (Å²) >= 11 is 9.62. The van der Waals surface area contributed by atoms with Crippen molar-refractivity contribution < 1.29 is 4.79 Å². The quantitative estimate of drug-likeness (QED) is 0.714. The van der Waals surface area contributed by atoms with Crippen molar-refractivity contribution in [2.45, 2.75) is 17.7 Å². The maximum atomic E-state index is 12.4. The molecule has 5 heteroatoms. The van der Waals surface area contributed by atoms with Crippen LogP contribution in [0.3, 0.4) is 0 Å². The van der Waals surface area contributed by atoms with Gasteiger partial charge < -0.3 is 4.90 Å². The largest absolute Gasteiger partial charge is 0.344 e. The third kappa shape index (κ3) is 4.82. The molecule has 3 nitrogen and oxygen atoms in total. The second kappa shape index (κ2) is 8.30. The van der Waals surface area contributed by atoms with E-state index in [-0.39, 0.29) is 10.7 Å². The lowest BCUT2D eigenvalue weighted by molar-refractivity contribution is -0.129. The lowest BCUT2D eigenvalue weighted by Gasteiger charge is -2.21. The molecule has 0 aliphatic carbocycles. The van der Waals surface area contributed by atoms with Gasteiger partial charge in [0, 0.05) is 31.0 Å². The number of halogens is 2. The van der Waals surface area contributed by atoms with Crippen LogP contribution in [0, 0.1) is 0 Å². The van der Waals surface area contributed by atoms with Gasteiger partial charge in [-0.25, -0.2) is 0 Å². The van der Waals surface area contributed by atoms with Gasteiger partial charge in [-0.1, -0.05) is 45.7 Å². The predicted octanol–water partition coefficient (Wildman–Crippen LogP) is 3.74. The lowest BCUT2D eigenvalue weighted by Crippen LogP contribution is -2.35. The molecule has 1 unspecified atom stereocenters. The number of pyridine rings is 1. The summed E-state index contributed by atoms with van der Waals surface area (Å²) in [6, 6.07) is 11.5. The summed E-state index contributed by atoms with van der Waals surface area (Å²) in [7, 11) is 1.82. The highest BCUT2D eigenvalue weighted by molar-refractivity contribution is 9.10. The molecule has 0 saturated heterocycles. The summed E-state index contributed by atoms with van der Waals surface area (Å²) in [5.41, 5.74) is 2.15. The Morgan fingerprint density at radius 3 is 2.64 bits per heavy atom. The summed E-state index contributed by atoms with van der Waals surface area (Å²) in [6.45, 7) is 0.674. The third-order valence-electron chi connectivity index (χ3n) is 3.49. The summed E-state index contributed by atoms with van der Waals surface area (Å²) < 4.78 is 0. The van der Waals surface area contributed by atoms with Gasteiger partial charge in [0.2, 0.25) is 5.91 Å². The fourth-order valence-electron chi connectivity index (χ4n) is 2.14. The van der Waals surface area contributed by atoms with Crippen molar-refractivity contribution in [3.8, 4) is 0 Å². The van der Waals surface area contributed by atoms with Gasteiger partial charge in [0.15, 0.2) is 0 Å². The van der Waals surface area contributed by atoms with Crippen molar-refractivity contribution in [2.24, 2.45) is 0 Å². The van der Waals surface area contributed by atoms with Gasteiger partial charge in [-0.3, -0.25) is 9.78 Å². The Kier molecular flexibility index (Phi) is 6.40. The fourth-order valence-corrected chi connectivity index (χ4v) is 3.05. The van der Waals surface area contributed by atoms with Crippen LogP contribution in [0.5, 0.6) is 0 Å². The zero-order valence-electron chi connectivity index (χ0n) is 12.4. The number of hydrogen-bond donors (Lipinski definition) is 0. The molecule has 1 amide bonds. The second-order valence-electron chi connectivity index (χ2n) is 5.13. The maximum absolute atomic E-state index is 12.4. The minimum absolute atomic E-state index is 0.0639. The van der Waals surface area contributed by atoms with Crippen LogP contribution in [0.1, 0.15) is 11.1 Å². The highest BCUT2D eigenvalue weighted by Crippen LogP contribution is 2.20. The van der Waals surface area contributed by atoms with Crippen molar-refractivity contribution in [3.05, 3.63) is 64.9 Å². The van der Waals surface area contributed by atoms with Gasteiger partial charge in [-0.05, 0) is 42.2 Å². The molecule has 0 radical (unpaired) electrons. The monoisotopic (exact) mass is 380 g/mol. The number of nitrogens with zero attached hydrogens (tertiary/aromatic N) is 2.